The van der Waals surface area contributed by atoms with Gasteiger partial charge in [-0.3, -0.25) is 18.6 Å². The minimum atomic E-state index is -4.23. The molecule has 0 aromatic rings. The first-order chi connectivity index (χ1) is 13.0. The Morgan fingerprint density at radius 3 is 2.71 bits per heavy atom. The zero-order valence-corrected chi connectivity index (χ0v) is 16.1. The number of cyclic esters (lactones) is 1. The van der Waals surface area contributed by atoms with Crippen LogP contribution in [-0.4, -0.2) is 67.7 Å². The van der Waals surface area contributed by atoms with Crippen LogP contribution in [0.3, 0.4) is 0 Å². The van der Waals surface area contributed by atoms with Gasteiger partial charge in [0.2, 0.25) is 12.7 Å². The Hall–Kier alpha value is -2.21. The average Bonchev–Trinajstić information content (AvgIpc) is 3.03. The number of esters is 1. The summed E-state index contributed by atoms with van der Waals surface area (Å²) in [5.41, 5.74) is -0.882. The number of carboxylic acid groups (broad SMARTS) is 1. The number of hydrogen-bond acceptors (Lipinski definition) is 10. The Labute approximate surface area is 159 Å². The molecule has 13 nitrogen and oxygen atoms in total. The van der Waals surface area contributed by atoms with E-state index >= 15 is 0 Å². The van der Waals surface area contributed by atoms with Crippen LogP contribution in [0.5, 0.6) is 0 Å². The van der Waals surface area contributed by atoms with Gasteiger partial charge in [-0.05, 0) is 0 Å². The topological polar surface area (TPSA) is 176 Å². The van der Waals surface area contributed by atoms with E-state index in [0.717, 1.165) is 0 Å². The number of carbonyl (C=O) groups is 4. The highest BCUT2D eigenvalue weighted by Gasteiger charge is 2.49. The summed E-state index contributed by atoms with van der Waals surface area (Å²) < 4.78 is 37.0. The number of alkyl carbamates (subject to hydrolysis) is 1. The van der Waals surface area contributed by atoms with Gasteiger partial charge in [-0.2, -0.15) is 0 Å². The second kappa shape index (κ2) is 8.86. The first-order valence-corrected chi connectivity index (χ1v) is 9.65. The van der Waals surface area contributed by atoms with Gasteiger partial charge in [0, 0.05) is 12.0 Å². The molecule has 2 aliphatic heterocycles. The predicted octanol–water partition coefficient (Wildman–Crippen LogP) is -0.247. The molecule has 2 heterocycles. The highest BCUT2D eigenvalue weighted by molar-refractivity contribution is 7.48. The number of amides is 2. The van der Waals surface area contributed by atoms with Gasteiger partial charge < -0.3 is 25.2 Å². The zero-order valence-electron chi connectivity index (χ0n) is 15.2. The molecule has 0 aromatic carbocycles. The van der Waals surface area contributed by atoms with E-state index < -0.39 is 56.1 Å². The molecule has 158 valence electrons. The summed E-state index contributed by atoms with van der Waals surface area (Å²) in [6.07, 6.45) is -2.31. The van der Waals surface area contributed by atoms with Crippen molar-refractivity contribution in [3.8, 4) is 0 Å². The molecular formula is C14H21N2O11P. The molecule has 0 radical (unpaired) electrons. The Kier molecular flexibility index (Phi) is 6.99. The van der Waals surface area contributed by atoms with Crippen molar-refractivity contribution in [2.24, 2.45) is 5.41 Å². The highest BCUT2D eigenvalue weighted by Crippen LogP contribution is 2.57. The van der Waals surface area contributed by atoms with Crippen LogP contribution in [0.25, 0.3) is 0 Å². The molecule has 14 heteroatoms. The quantitative estimate of drug-likeness (QED) is 0.266. The van der Waals surface area contributed by atoms with Crippen molar-refractivity contribution in [3.05, 3.63) is 0 Å². The summed E-state index contributed by atoms with van der Waals surface area (Å²) in [6.45, 7) is 1.93. The summed E-state index contributed by atoms with van der Waals surface area (Å²) >= 11 is 0. The van der Waals surface area contributed by atoms with Crippen LogP contribution in [0.2, 0.25) is 0 Å². The fraction of sp³-hybridized carbons (Fsp3) is 0.714. The van der Waals surface area contributed by atoms with Crippen LogP contribution in [0.4, 0.5) is 4.79 Å². The van der Waals surface area contributed by atoms with Crippen LogP contribution in [-0.2, 0) is 42.0 Å². The molecule has 0 aromatic heterocycles. The third-order valence-corrected chi connectivity index (χ3v) is 5.12. The maximum absolute atomic E-state index is 12.5. The minimum Gasteiger partial charge on any atom is -0.481 e. The summed E-state index contributed by atoms with van der Waals surface area (Å²) in [5, 5.41) is 13.2. The zero-order chi connectivity index (χ0) is 20.9. The van der Waals surface area contributed by atoms with Crippen molar-refractivity contribution in [1.82, 2.24) is 10.6 Å². The summed E-state index contributed by atoms with van der Waals surface area (Å²) in [4.78, 5) is 45.4. The smallest absolute Gasteiger partial charge is 0.478 e. The van der Waals surface area contributed by atoms with Crippen LogP contribution < -0.4 is 10.6 Å². The van der Waals surface area contributed by atoms with Crippen LogP contribution >= 0.6 is 7.82 Å². The molecular weight excluding hydrogens is 403 g/mol. The minimum absolute atomic E-state index is 0.136. The van der Waals surface area contributed by atoms with Crippen LogP contribution in [0, 0.1) is 5.41 Å². The van der Waals surface area contributed by atoms with Gasteiger partial charge in [0.25, 0.3) is 0 Å². The fourth-order valence-corrected chi connectivity index (χ4v) is 3.75. The Bertz CT molecular complexity index is 695. The number of rotatable bonds is 8. The normalized spacial score (nSPS) is 28.7. The average molecular weight is 424 g/mol. The van der Waals surface area contributed by atoms with Gasteiger partial charge in [-0.15, -0.1) is 0 Å². The van der Waals surface area contributed by atoms with E-state index in [2.05, 4.69) is 15.4 Å². The second-order valence-electron chi connectivity index (χ2n) is 6.64. The van der Waals surface area contributed by atoms with Crippen molar-refractivity contribution >= 4 is 31.8 Å². The van der Waals surface area contributed by atoms with E-state index in [4.69, 9.17) is 23.4 Å². The number of phosphoric acid groups is 1. The third-order valence-electron chi connectivity index (χ3n) is 3.78. The molecule has 2 fully saturated rings. The number of hydrogen-bond donors (Lipinski definition) is 3. The van der Waals surface area contributed by atoms with Crippen molar-refractivity contribution in [2.75, 3.05) is 26.6 Å². The van der Waals surface area contributed by atoms with Crippen LogP contribution in [0.1, 0.15) is 20.3 Å². The summed E-state index contributed by atoms with van der Waals surface area (Å²) in [5.74, 6) is -2.65. The van der Waals surface area contributed by atoms with Crippen molar-refractivity contribution in [2.45, 2.75) is 32.4 Å². The van der Waals surface area contributed by atoms with E-state index in [1.807, 2.05) is 0 Å². The van der Waals surface area contributed by atoms with Crippen molar-refractivity contribution in [1.29, 1.82) is 0 Å². The molecule has 2 amide bonds. The fourth-order valence-electron chi connectivity index (χ4n) is 2.24. The molecule has 2 rings (SSSR count). The maximum Gasteiger partial charge on any atom is 0.478 e. The molecule has 3 atom stereocenters. The number of carbonyl (C=O) groups excluding carboxylic acids is 3. The molecule has 1 unspecified atom stereocenters. The first-order valence-electron chi connectivity index (χ1n) is 8.19. The molecule has 2 aliphatic rings. The molecule has 3 N–H and O–H groups in total. The van der Waals surface area contributed by atoms with Crippen molar-refractivity contribution < 1.29 is 51.9 Å². The van der Waals surface area contributed by atoms with Gasteiger partial charge in [-0.1, -0.05) is 13.8 Å². The van der Waals surface area contributed by atoms with E-state index in [-0.39, 0.29) is 26.2 Å². The second-order valence-corrected chi connectivity index (χ2v) is 8.26. The van der Waals surface area contributed by atoms with Gasteiger partial charge in [-0.25, -0.2) is 18.7 Å². The lowest BCUT2D eigenvalue weighted by Crippen LogP contribution is -2.50. The van der Waals surface area contributed by atoms with Gasteiger partial charge >= 0.3 is 25.9 Å². The molecule has 2 saturated heterocycles. The lowest BCUT2D eigenvalue weighted by molar-refractivity contribution is -0.157. The molecule has 0 saturated carbocycles. The van der Waals surface area contributed by atoms with E-state index in [1.165, 1.54) is 0 Å². The highest BCUT2D eigenvalue weighted by atomic mass is 31.2. The Balaban J connectivity index is 1.87. The first kappa shape index (κ1) is 22.1. The SMILES string of the molecule is CC1(C)COP(=O)(OCOC(=O)[C@@H]2COC(=O)N2)O[C@H]1C(=O)NCCC(=O)O. The van der Waals surface area contributed by atoms with Crippen LogP contribution in [0.15, 0.2) is 0 Å². The monoisotopic (exact) mass is 424 g/mol. The van der Waals surface area contributed by atoms with E-state index in [1.54, 1.807) is 13.8 Å². The third kappa shape index (κ3) is 5.89. The number of nitrogens with one attached hydrogen (secondary N) is 2. The predicted molar refractivity (Wildman–Crippen MR) is 87.8 cm³/mol. The molecule has 0 spiro atoms. The molecule has 0 bridgehead atoms. The van der Waals surface area contributed by atoms with Gasteiger partial charge in [0.15, 0.2) is 12.1 Å². The standard InChI is InChI=1S/C14H21N2O11P/c1-14(2)6-25-28(22,27-10(14)11(19)15-4-3-9(17)18)26-7-24-12(20)8-5-23-13(21)16-8/h8,10H,3-7H2,1-2H3,(H,15,19)(H,16,21)(H,17,18)/t8-,10-,28?/m0/s1. The lowest BCUT2D eigenvalue weighted by Gasteiger charge is -2.39. The Morgan fingerprint density at radius 2 is 2.11 bits per heavy atom. The van der Waals surface area contributed by atoms with Gasteiger partial charge in [0.1, 0.15) is 6.61 Å². The van der Waals surface area contributed by atoms with Gasteiger partial charge in [0.05, 0.1) is 13.0 Å². The van der Waals surface area contributed by atoms with Crippen molar-refractivity contribution in [3.63, 3.8) is 0 Å². The maximum atomic E-state index is 12.5. The number of carboxylic acids is 1. The summed E-state index contributed by atoms with van der Waals surface area (Å²) in [7, 11) is -4.23. The lowest BCUT2D eigenvalue weighted by atomic mass is 9.87. The molecule has 0 aliphatic carbocycles. The number of aliphatic carboxylic acids is 1. The number of phosphoric ester groups is 1. The Morgan fingerprint density at radius 1 is 1.39 bits per heavy atom. The molecule has 28 heavy (non-hydrogen) atoms. The largest absolute Gasteiger partial charge is 0.481 e. The number of ether oxygens (including phenoxy) is 2. The van der Waals surface area contributed by atoms with E-state index in [0.29, 0.717) is 0 Å². The van der Waals surface area contributed by atoms with E-state index in [9.17, 15) is 23.7 Å². The summed E-state index contributed by atoms with van der Waals surface area (Å²) in [6, 6.07) is -1.02.